The zero-order valence-corrected chi connectivity index (χ0v) is 13.8. The van der Waals surface area contributed by atoms with Crippen molar-refractivity contribution >= 4 is 11.8 Å². The first-order chi connectivity index (χ1) is 11.0. The van der Waals surface area contributed by atoms with Gasteiger partial charge in [0.15, 0.2) is 0 Å². The Morgan fingerprint density at radius 3 is 2.74 bits per heavy atom. The van der Waals surface area contributed by atoms with E-state index in [9.17, 15) is 9.59 Å². The largest absolute Gasteiger partial charge is 0.497 e. The summed E-state index contributed by atoms with van der Waals surface area (Å²) >= 11 is 0. The van der Waals surface area contributed by atoms with Crippen LogP contribution in [0.2, 0.25) is 0 Å². The number of ether oxygens (including phenoxy) is 1. The molecule has 2 heterocycles. The Morgan fingerprint density at radius 1 is 1.30 bits per heavy atom. The minimum absolute atomic E-state index is 0.0307. The summed E-state index contributed by atoms with van der Waals surface area (Å²) in [6.07, 6.45) is 0.808. The summed E-state index contributed by atoms with van der Waals surface area (Å²) in [5.74, 6) is 1.14. The van der Waals surface area contributed by atoms with E-state index in [1.165, 1.54) is 0 Å². The van der Waals surface area contributed by atoms with Gasteiger partial charge in [-0.15, -0.1) is 0 Å². The van der Waals surface area contributed by atoms with Gasteiger partial charge in [-0.05, 0) is 37.6 Å². The highest BCUT2D eigenvalue weighted by molar-refractivity contribution is 5.95. The van der Waals surface area contributed by atoms with Crippen molar-refractivity contribution in [2.24, 2.45) is 5.92 Å². The topological polar surface area (TPSA) is 61.9 Å². The summed E-state index contributed by atoms with van der Waals surface area (Å²) in [5, 5.41) is 2.72. The quantitative estimate of drug-likeness (QED) is 0.886. The molecule has 0 aromatic heterocycles. The van der Waals surface area contributed by atoms with Crippen molar-refractivity contribution in [2.45, 2.75) is 18.5 Å². The van der Waals surface area contributed by atoms with Gasteiger partial charge in [0, 0.05) is 31.7 Å². The first kappa shape index (κ1) is 15.8. The molecule has 6 nitrogen and oxygen atoms in total. The van der Waals surface area contributed by atoms with Crippen molar-refractivity contribution < 1.29 is 14.3 Å². The summed E-state index contributed by atoms with van der Waals surface area (Å²) in [5.41, 5.74) is 0.648. The van der Waals surface area contributed by atoms with Crippen molar-refractivity contribution in [3.05, 3.63) is 29.8 Å². The van der Waals surface area contributed by atoms with Crippen LogP contribution in [0.4, 0.5) is 0 Å². The number of likely N-dealkylation sites (N-methyl/N-ethyl adjacent to an activating group) is 2. The third-order valence-corrected chi connectivity index (χ3v) is 5.10. The molecule has 0 saturated carbocycles. The molecule has 2 aliphatic heterocycles. The molecule has 0 aliphatic carbocycles. The van der Waals surface area contributed by atoms with E-state index in [0.717, 1.165) is 6.42 Å². The van der Waals surface area contributed by atoms with Gasteiger partial charge in [-0.1, -0.05) is 6.07 Å². The van der Waals surface area contributed by atoms with Crippen LogP contribution < -0.4 is 10.1 Å². The molecule has 1 aromatic rings. The van der Waals surface area contributed by atoms with Crippen LogP contribution in [0, 0.1) is 5.92 Å². The fourth-order valence-electron chi connectivity index (χ4n) is 3.79. The Labute approximate surface area is 136 Å². The van der Waals surface area contributed by atoms with Gasteiger partial charge in [0.2, 0.25) is 5.91 Å². The highest BCUT2D eigenvalue weighted by atomic mass is 16.5. The highest BCUT2D eigenvalue weighted by Crippen LogP contribution is 2.35. The van der Waals surface area contributed by atoms with Gasteiger partial charge in [0.1, 0.15) is 5.75 Å². The number of nitrogens with one attached hydrogen (secondary N) is 1. The van der Waals surface area contributed by atoms with Crippen molar-refractivity contribution in [3.8, 4) is 5.75 Å². The molecule has 2 aliphatic rings. The van der Waals surface area contributed by atoms with Gasteiger partial charge >= 0.3 is 0 Å². The second-order valence-corrected chi connectivity index (χ2v) is 6.30. The minimum Gasteiger partial charge on any atom is -0.497 e. The summed E-state index contributed by atoms with van der Waals surface area (Å²) in [4.78, 5) is 28.6. The number of hydrogen-bond donors (Lipinski definition) is 1. The van der Waals surface area contributed by atoms with Crippen LogP contribution >= 0.6 is 0 Å². The first-order valence-corrected chi connectivity index (χ1v) is 7.92. The lowest BCUT2D eigenvalue weighted by molar-refractivity contribution is -0.125. The highest BCUT2D eigenvalue weighted by Gasteiger charge is 2.47. The molecule has 6 heteroatoms. The Hall–Kier alpha value is -2.08. The number of likely N-dealkylation sites (tertiary alicyclic amines) is 2. The van der Waals surface area contributed by atoms with E-state index in [4.69, 9.17) is 4.74 Å². The van der Waals surface area contributed by atoms with Crippen LogP contribution in [0.15, 0.2) is 24.3 Å². The normalized spacial score (nSPS) is 26.9. The van der Waals surface area contributed by atoms with Crippen molar-refractivity contribution in [1.29, 1.82) is 0 Å². The van der Waals surface area contributed by atoms with E-state index in [1.54, 1.807) is 20.2 Å². The maximum absolute atomic E-state index is 12.7. The fraction of sp³-hybridized carbons (Fsp3) is 0.529. The zero-order chi connectivity index (χ0) is 16.6. The zero-order valence-electron chi connectivity index (χ0n) is 13.8. The number of benzene rings is 1. The lowest BCUT2D eigenvalue weighted by atomic mass is 10.0. The van der Waals surface area contributed by atoms with E-state index < -0.39 is 0 Å². The standard InChI is InChI=1S/C17H23N3O3/c1-18-16(21)14-8-12-9-20(10-15(12)19(14)2)17(22)11-5-4-6-13(7-11)23-3/h4-7,12,14-15H,8-10H2,1-3H3,(H,18,21)/t12-,14-,15+/m1/s1. The second-order valence-electron chi connectivity index (χ2n) is 6.30. The van der Waals surface area contributed by atoms with E-state index in [-0.39, 0.29) is 23.9 Å². The molecular weight excluding hydrogens is 294 g/mol. The van der Waals surface area contributed by atoms with Gasteiger partial charge < -0.3 is 15.0 Å². The fourth-order valence-corrected chi connectivity index (χ4v) is 3.79. The van der Waals surface area contributed by atoms with Gasteiger partial charge in [0.05, 0.1) is 13.2 Å². The monoisotopic (exact) mass is 317 g/mol. The summed E-state index contributed by atoms with van der Waals surface area (Å²) in [6.45, 7) is 1.38. The Balaban J connectivity index is 1.70. The number of carbonyl (C=O) groups excluding carboxylic acids is 2. The molecule has 1 N–H and O–H groups in total. The van der Waals surface area contributed by atoms with Crippen LogP contribution in [-0.2, 0) is 4.79 Å². The molecule has 3 rings (SSSR count). The molecule has 2 saturated heterocycles. The molecule has 0 radical (unpaired) electrons. The average Bonchev–Trinajstić information content (AvgIpc) is 3.13. The number of rotatable bonds is 3. The van der Waals surface area contributed by atoms with E-state index >= 15 is 0 Å². The van der Waals surface area contributed by atoms with Crippen LogP contribution in [0.5, 0.6) is 5.75 Å². The molecule has 1 aromatic carbocycles. The van der Waals surface area contributed by atoms with Gasteiger partial charge in [0.25, 0.3) is 5.91 Å². The summed E-state index contributed by atoms with van der Waals surface area (Å²) in [7, 11) is 5.24. The lowest BCUT2D eigenvalue weighted by Crippen LogP contribution is -2.45. The first-order valence-electron chi connectivity index (χ1n) is 7.92. The summed E-state index contributed by atoms with van der Waals surface area (Å²) in [6, 6.07) is 7.42. The molecule has 3 atom stereocenters. The molecular formula is C17H23N3O3. The van der Waals surface area contributed by atoms with Gasteiger partial charge in [-0.25, -0.2) is 0 Å². The van der Waals surface area contributed by atoms with E-state index in [0.29, 0.717) is 30.3 Å². The molecule has 2 amide bonds. The second kappa shape index (κ2) is 6.20. The number of nitrogens with zero attached hydrogens (tertiary/aromatic N) is 2. The number of fused-ring (bicyclic) bond motifs is 1. The number of carbonyl (C=O) groups is 2. The number of hydrogen-bond acceptors (Lipinski definition) is 4. The van der Waals surface area contributed by atoms with Crippen molar-refractivity contribution in [2.75, 3.05) is 34.3 Å². The van der Waals surface area contributed by atoms with Crippen LogP contribution in [0.25, 0.3) is 0 Å². The number of methoxy groups -OCH3 is 1. The van der Waals surface area contributed by atoms with Crippen LogP contribution in [0.3, 0.4) is 0 Å². The van der Waals surface area contributed by atoms with E-state index in [1.807, 2.05) is 30.1 Å². The van der Waals surface area contributed by atoms with Crippen molar-refractivity contribution in [1.82, 2.24) is 15.1 Å². The third-order valence-electron chi connectivity index (χ3n) is 5.10. The van der Waals surface area contributed by atoms with Crippen LogP contribution in [0.1, 0.15) is 16.8 Å². The lowest BCUT2D eigenvalue weighted by Gasteiger charge is -2.25. The minimum atomic E-state index is -0.0796. The Morgan fingerprint density at radius 2 is 2.09 bits per heavy atom. The smallest absolute Gasteiger partial charge is 0.254 e. The molecule has 0 unspecified atom stereocenters. The molecule has 2 fully saturated rings. The predicted octanol–water partition coefficient (Wildman–Crippen LogP) is 0.586. The summed E-state index contributed by atoms with van der Waals surface area (Å²) < 4.78 is 5.19. The average molecular weight is 317 g/mol. The predicted molar refractivity (Wildman–Crippen MR) is 86.4 cm³/mol. The molecule has 23 heavy (non-hydrogen) atoms. The Kier molecular flexibility index (Phi) is 4.26. The Bertz CT molecular complexity index is 619. The molecule has 124 valence electrons. The van der Waals surface area contributed by atoms with Crippen molar-refractivity contribution in [3.63, 3.8) is 0 Å². The van der Waals surface area contributed by atoms with Gasteiger partial charge in [-0.3, -0.25) is 14.5 Å². The molecule has 0 spiro atoms. The SMILES string of the molecule is CNC(=O)[C@H]1C[C@@H]2CN(C(=O)c3cccc(OC)c3)C[C@@H]2N1C. The van der Waals surface area contributed by atoms with E-state index in [2.05, 4.69) is 10.2 Å². The van der Waals surface area contributed by atoms with Gasteiger partial charge in [-0.2, -0.15) is 0 Å². The van der Waals surface area contributed by atoms with Crippen LogP contribution in [-0.4, -0.2) is 68.0 Å². The molecule has 0 bridgehead atoms. The maximum Gasteiger partial charge on any atom is 0.254 e. The number of amides is 2. The maximum atomic E-state index is 12.7. The third kappa shape index (κ3) is 2.79.